The summed E-state index contributed by atoms with van der Waals surface area (Å²) in [7, 11) is 1.98. The molecule has 2 fully saturated rings. The van der Waals surface area contributed by atoms with Crippen molar-refractivity contribution in [1.29, 1.82) is 0 Å². The van der Waals surface area contributed by atoms with Crippen molar-refractivity contribution in [1.82, 2.24) is 20.0 Å². The summed E-state index contributed by atoms with van der Waals surface area (Å²) in [6.45, 7) is 1.43. The van der Waals surface area contributed by atoms with Crippen molar-refractivity contribution in [2.45, 2.75) is 63.5 Å². The zero-order valence-corrected chi connectivity index (χ0v) is 14.2. The molecule has 7 nitrogen and oxygen atoms in total. The van der Waals surface area contributed by atoms with Crippen molar-refractivity contribution >= 4 is 6.01 Å². The predicted molar refractivity (Wildman–Crippen MR) is 88.6 cm³/mol. The number of nitrogens with one attached hydrogen (secondary N) is 1. The molecule has 24 heavy (non-hydrogen) atoms. The molecule has 2 aromatic heterocycles. The van der Waals surface area contributed by atoms with Gasteiger partial charge in [0.2, 0.25) is 5.89 Å². The molecule has 0 bridgehead atoms. The van der Waals surface area contributed by atoms with E-state index in [0.29, 0.717) is 24.4 Å². The fourth-order valence-corrected chi connectivity index (χ4v) is 3.79. The average Bonchev–Trinajstić information content (AvgIpc) is 3.34. The first-order chi connectivity index (χ1) is 11.8. The van der Waals surface area contributed by atoms with E-state index in [4.69, 9.17) is 14.3 Å². The summed E-state index contributed by atoms with van der Waals surface area (Å²) >= 11 is 0. The van der Waals surface area contributed by atoms with Gasteiger partial charge in [0, 0.05) is 37.9 Å². The van der Waals surface area contributed by atoms with Gasteiger partial charge >= 0.3 is 6.01 Å². The summed E-state index contributed by atoms with van der Waals surface area (Å²) in [5.41, 5.74) is 2.45. The van der Waals surface area contributed by atoms with Gasteiger partial charge < -0.3 is 14.5 Å². The lowest BCUT2D eigenvalue weighted by molar-refractivity contribution is 0.0897. The van der Waals surface area contributed by atoms with Gasteiger partial charge in [-0.2, -0.15) is 5.10 Å². The van der Waals surface area contributed by atoms with Crippen molar-refractivity contribution in [3.05, 3.63) is 23.3 Å². The van der Waals surface area contributed by atoms with E-state index in [2.05, 4.69) is 21.7 Å². The van der Waals surface area contributed by atoms with E-state index in [0.717, 1.165) is 19.4 Å². The molecule has 1 saturated carbocycles. The Morgan fingerprint density at radius 1 is 1.17 bits per heavy atom. The average molecular weight is 331 g/mol. The first kappa shape index (κ1) is 15.6. The van der Waals surface area contributed by atoms with Crippen LogP contribution in [0.2, 0.25) is 0 Å². The van der Waals surface area contributed by atoms with Gasteiger partial charge in [-0.15, -0.1) is 5.10 Å². The lowest BCUT2D eigenvalue weighted by atomic mass is 9.85. The fraction of sp³-hybridized carbons (Fsp3) is 0.706. The molecule has 7 heteroatoms. The number of ether oxygens (including phenoxy) is 1. The number of aryl methyl sites for hydroxylation is 1. The second-order valence-electron chi connectivity index (χ2n) is 6.85. The van der Waals surface area contributed by atoms with Crippen LogP contribution in [0.15, 0.2) is 10.6 Å². The molecule has 1 aliphatic carbocycles. The second kappa shape index (κ2) is 6.93. The molecular formula is C17H25N5O2. The molecule has 1 atom stereocenters. The first-order valence-electron chi connectivity index (χ1n) is 9.01. The maximum absolute atomic E-state index is 5.70. The van der Waals surface area contributed by atoms with E-state index in [1.165, 1.54) is 43.4 Å². The molecule has 130 valence electrons. The summed E-state index contributed by atoms with van der Waals surface area (Å²) < 4.78 is 13.2. The molecule has 3 heterocycles. The summed E-state index contributed by atoms with van der Waals surface area (Å²) in [6, 6.07) is 0.457. The number of anilines is 1. The van der Waals surface area contributed by atoms with Gasteiger partial charge in [0.15, 0.2) is 0 Å². The molecule has 0 radical (unpaired) electrons. The van der Waals surface area contributed by atoms with Crippen LogP contribution in [-0.2, 0) is 18.3 Å². The van der Waals surface area contributed by atoms with E-state index in [1.54, 1.807) is 0 Å². The molecule has 0 amide bonds. The minimum absolute atomic E-state index is 0.0377. The van der Waals surface area contributed by atoms with Crippen LogP contribution < -0.4 is 5.32 Å². The highest BCUT2D eigenvalue weighted by Gasteiger charge is 2.24. The minimum atomic E-state index is -0.0377. The Morgan fingerprint density at radius 3 is 2.83 bits per heavy atom. The van der Waals surface area contributed by atoms with Crippen LogP contribution in [0.5, 0.6) is 0 Å². The molecule has 0 spiro atoms. The predicted octanol–water partition coefficient (Wildman–Crippen LogP) is 3.31. The molecule has 0 aromatic carbocycles. The Labute approximate surface area is 141 Å². The number of aromatic nitrogens is 4. The first-order valence-corrected chi connectivity index (χ1v) is 9.01. The highest BCUT2D eigenvalue weighted by molar-refractivity contribution is 5.27. The molecule has 2 aromatic rings. The van der Waals surface area contributed by atoms with E-state index >= 15 is 0 Å². The van der Waals surface area contributed by atoms with Crippen LogP contribution in [0.4, 0.5) is 6.01 Å². The van der Waals surface area contributed by atoms with Crippen molar-refractivity contribution in [2.75, 3.05) is 11.9 Å². The Morgan fingerprint density at radius 2 is 2.04 bits per heavy atom. The van der Waals surface area contributed by atoms with Gasteiger partial charge in [0.1, 0.15) is 6.10 Å². The quantitative estimate of drug-likeness (QED) is 0.905. The standard InChI is InChI=1S/C17H25N5O2/c1-22-11-13(15(21-22)12-6-3-2-4-7-12)10-18-17-20-19-16(24-17)14-8-5-9-23-14/h11-12,14H,2-10H2,1H3,(H,18,20)/t14-/m1/s1. The SMILES string of the molecule is Cn1cc(CNc2nnc([C@H]3CCCO3)o2)c(C2CCCCC2)n1. The Kier molecular flexibility index (Phi) is 4.51. The van der Waals surface area contributed by atoms with Gasteiger partial charge in [0.05, 0.1) is 5.69 Å². The molecule has 1 saturated heterocycles. The van der Waals surface area contributed by atoms with Gasteiger partial charge in [-0.25, -0.2) is 0 Å². The maximum atomic E-state index is 5.70. The lowest BCUT2D eigenvalue weighted by Crippen LogP contribution is -2.09. The molecule has 1 aliphatic heterocycles. The maximum Gasteiger partial charge on any atom is 0.315 e. The normalized spacial score (nSPS) is 22.1. The summed E-state index contributed by atoms with van der Waals surface area (Å²) in [6.07, 6.45) is 10.5. The molecule has 2 aliphatic rings. The van der Waals surface area contributed by atoms with Crippen LogP contribution in [0.1, 0.15) is 74.1 Å². The smallest absolute Gasteiger partial charge is 0.315 e. The Balaban J connectivity index is 1.42. The van der Waals surface area contributed by atoms with E-state index in [1.807, 2.05) is 11.7 Å². The monoisotopic (exact) mass is 331 g/mol. The van der Waals surface area contributed by atoms with E-state index in [-0.39, 0.29) is 6.10 Å². The zero-order valence-electron chi connectivity index (χ0n) is 14.2. The second-order valence-corrected chi connectivity index (χ2v) is 6.85. The number of nitrogens with zero attached hydrogens (tertiary/aromatic N) is 4. The number of hydrogen-bond donors (Lipinski definition) is 1. The summed E-state index contributed by atoms with van der Waals surface area (Å²) in [4.78, 5) is 0. The number of rotatable bonds is 5. The van der Waals surface area contributed by atoms with E-state index in [9.17, 15) is 0 Å². The van der Waals surface area contributed by atoms with Gasteiger partial charge in [-0.1, -0.05) is 24.4 Å². The van der Waals surface area contributed by atoms with Gasteiger partial charge in [0.25, 0.3) is 0 Å². The third kappa shape index (κ3) is 3.31. The van der Waals surface area contributed by atoms with Crippen LogP contribution in [0.3, 0.4) is 0 Å². The molecule has 0 unspecified atom stereocenters. The summed E-state index contributed by atoms with van der Waals surface area (Å²) in [5.74, 6) is 1.16. The van der Waals surface area contributed by atoms with E-state index < -0.39 is 0 Å². The van der Waals surface area contributed by atoms with Crippen molar-refractivity contribution < 1.29 is 9.15 Å². The Bertz CT molecular complexity index is 668. The van der Waals surface area contributed by atoms with Crippen LogP contribution in [0.25, 0.3) is 0 Å². The number of hydrogen-bond acceptors (Lipinski definition) is 6. The molecular weight excluding hydrogens is 306 g/mol. The molecule has 1 N–H and O–H groups in total. The van der Waals surface area contributed by atoms with Crippen molar-refractivity contribution in [3.8, 4) is 0 Å². The largest absolute Gasteiger partial charge is 0.405 e. The minimum Gasteiger partial charge on any atom is -0.405 e. The lowest BCUT2D eigenvalue weighted by Gasteiger charge is -2.20. The van der Waals surface area contributed by atoms with Crippen LogP contribution >= 0.6 is 0 Å². The van der Waals surface area contributed by atoms with Gasteiger partial charge in [-0.3, -0.25) is 4.68 Å². The topological polar surface area (TPSA) is 78.0 Å². The highest BCUT2D eigenvalue weighted by Crippen LogP contribution is 2.34. The highest BCUT2D eigenvalue weighted by atomic mass is 16.5. The third-order valence-corrected chi connectivity index (χ3v) is 5.00. The van der Waals surface area contributed by atoms with Crippen molar-refractivity contribution in [3.63, 3.8) is 0 Å². The summed E-state index contributed by atoms with van der Waals surface area (Å²) in [5, 5.41) is 16.1. The van der Waals surface area contributed by atoms with Crippen LogP contribution in [0, 0.1) is 0 Å². The van der Waals surface area contributed by atoms with Crippen LogP contribution in [-0.4, -0.2) is 26.6 Å². The fourth-order valence-electron chi connectivity index (χ4n) is 3.79. The Hall–Kier alpha value is -1.89. The molecule has 4 rings (SSSR count). The van der Waals surface area contributed by atoms with Crippen molar-refractivity contribution in [2.24, 2.45) is 7.05 Å². The van der Waals surface area contributed by atoms with Gasteiger partial charge in [-0.05, 0) is 25.7 Å². The third-order valence-electron chi connectivity index (χ3n) is 5.00. The zero-order chi connectivity index (χ0) is 16.4.